The highest BCUT2D eigenvalue weighted by Gasteiger charge is 2.27. The first-order chi connectivity index (χ1) is 9.92. The Morgan fingerprint density at radius 1 is 1.50 bits per heavy atom. The molecule has 2 N–H and O–H groups in total. The molecule has 0 radical (unpaired) electrons. The first kappa shape index (κ1) is 19.0. The Hall–Kier alpha value is -1.09. The summed E-state index contributed by atoms with van der Waals surface area (Å²) in [6.45, 7) is 4.64. The van der Waals surface area contributed by atoms with Crippen LogP contribution >= 0.6 is 12.4 Å². The second kappa shape index (κ2) is 7.96. The molecule has 1 fully saturated rings. The van der Waals surface area contributed by atoms with E-state index in [0.29, 0.717) is 6.42 Å². The van der Waals surface area contributed by atoms with Gasteiger partial charge in [-0.1, -0.05) is 0 Å². The van der Waals surface area contributed by atoms with Crippen LogP contribution in [0.2, 0.25) is 0 Å². The second-order valence-corrected chi connectivity index (χ2v) is 6.68. The van der Waals surface area contributed by atoms with Crippen LogP contribution < -0.4 is 10.0 Å². The van der Waals surface area contributed by atoms with Gasteiger partial charge in [0.05, 0.1) is 6.61 Å². The van der Waals surface area contributed by atoms with E-state index in [2.05, 4.69) is 10.0 Å². The average molecular weight is 353 g/mol. The van der Waals surface area contributed by atoms with Crippen molar-refractivity contribution < 1.29 is 22.4 Å². The molecular formula is C13H21ClN2O5S. The maximum Gasteiger partial charge on any atom is 0.374 e. The molecule has 0 aromatic carbocycles. The number of piperidine rings is 1. The van der Waals surface area contributed by atoms with E-state index in [1.54, 1.807) is 6.92 Å². The Morgan fingerprint density at radius 3 is 2.86 bits per heavy atom. The molecule has 0 amide bonds. The van der Waals surface area contributed by atoms with Gasteiger partial charge in [-0.05, 0) is 45.4 Å². The smallest absolute Gasteiger partial charge is 0.374 e. The van der Waals surface area contributed by atoms with Gasteiger partial charge >= 0.3 is 5.97 Å². The van der Waals surface area contributed by atoms with Crippen molar-refractivity contribution in [2.75, 3.05) is 13.2 Å². The first-order valence-corrected chi connectivity index (χ1v) is 8.43. The van der Waals surface area contributed by atoms with Crippen molar-refractivity contribution in [3.05, 3.63) is 17.9 Å². The topological polar surface area (TPSA) is 97.6 Å². The fourth-order valence-corrected chi connectivity index (χ4v) is 3.51. The Labute approximate surface area is 136 Å². The fourth-order valence-electron chi connectivity index (χ4n) is 2.29. The fraction of sp³-hybridized carbons (Fsp3) is 0.615. The number of halogens is 1. The van der Waals surface area contributed by atoms with Crippen LogP contribution in [-0.2, 0) is 14.8 Å². The zero-order valence-electron chi connectivity index (χ0n) is 12.5. The molecule has 1 aliphatic heterocycles. The van der Waals surface area contributed by atoms with Gasteiger partial charge in [-0.2, -0.15) is 0 Å². The van der Waals surface area contributed by atoms with Crippen molar-refractivity contribution in [3.63, 3.8) is 0 Å². The summed E-state index contributed by atoms with van der Waals surface area (Å²) >= 11 is 0. The van der Waals surface area contributed by atoms with Crippen LogP contribution in [0, 0.1) is 0 Å². The molecule has 2 heterocycles. The number of hydrogen-bond acceptors (Lipinski definition) is 6. The van der Waals surface area contributed by atoms with Crippen LogP contribution in [0.1, 0.15) is 37.2 Å². The average Bonchev–Trinajstić information content (AvgIpc) is 2.89. The number of sulfonamides is 1. The standard InChI is InChI=1S/C13H20N2O5S.ClH/c1-3-19-13(16)11-4-5-12(20-11)21(17,18)15-10-6-7-14-9(2)8-10;/h4-5,9-10,14-15H,3,6-8H2,1-2H3;1H. The van der Waals surface area contributed by atoms with Crippen LogP contribution in [0.5, 0.6) is 0 Å². The summed E-state index contributed by atoms with van der Waals surface area (Å²) in [6.07, 6.45) is 1.43. The number of carbonyl (C=O) groups excluding carboxylic acids is 1. The molecule has 2 rings (SSSR count). The zero-order chi connectivity index (χ0) is 15.5. The number of esters is 1. The Bertz CT molecular complexity index is 601. The quantitative estimate of drug-likeness (QED) is 0.775. The summed E-state index contributed by atoms with van der Waals surface area (Å²) in [4.78, 5) is 11.5. The van der Waals surface area contributed by atoms with Gasteiger partial charge in [0.25, 0.3) is 10.0 Å². The summed E-state index contributed by atoms with van der Waals surface area (Å²) in [5.41, 5.74) is 0. The van der Waals surface area contributed by atoms with E-state index in [1.165, 1.54) is 12.1 Å². The van der Waals surface area contributed by atoms with Crippen molar-refractivity contribution in [2.45, 2.75) is 43.9 Å². The van der Waals surface area contributed by atoms with E-state index >= 15 is 0 Å². The Kier molecular flexibility index (Phi) is 6.86. The van der Waals surface area contributed by atoms with E-state index in [0.717, 1.165) is 13.0 Å². The Balaban J connectivity index is 0.00000242. The predicted molar refractivity (Wildman–Crippen MR) is 82.7 cm³/mol. The number of rotatable bonds is 5. The second-order valence-electron chi connectivity index (χ2n) is 5.04. The molecule has 1 aromatic rings. The van der Waals surface area contributed by atoms with Gasteiger partial charge < -0.3 is 14.5 Å². The summed E-state index contributed by atoms with van der Waals surface area (Å²) in [5.74, 6) is -0.787. The van der Waals surface area contributed by atoms with Gasteiger partial charge in [0.15, 0.2) is 0 Å². The van der Waals surface area contributed by atoms with Gasteiger partial charge in [-0.3, -0.25) is 0 Å². The maximum atomic E-state index is 12.2. The van der Waals surface area contributed by atoms with Gasteiger partial charge in [-0.25, -0.2) is 17.9 Å². The van der Waals surface area contributed by atoms with Crippen molar-refractivity contribution in [1.82, 2.24) is 10.0 Å². The minimum Gasteiger partial charge on any atom is -0.460 e. The number of carbonyl (C=O) groups is 1. The summed E-state index contributed by atoms with van der Waals surface area (Å²) in [5, 5.41) is 2.98. The highest BCUT2D eigenvalue weighted by molar-refractivity contribution is 7.89. The lowest BCUT2D eigenvalue weighted by molar-refractivity contribution is 0.0484. The maximum absolute atomic E-state index is 12.2. The molecule has 1 aromatic heterocycles. The molecule has 1 saturated heterocycles. The van der Waals surface area contributed by atoms with E-state index in [9.17, 15) is 13.2 Å². The molecule has 9 heteroatoms. The van der Waals surface area contributed by atoms with Gasteiger partial charge in [0.2, 0.25) is 10.9 Å². The Morgan fingerprint density at radius 2 is 2.23 bits per heavy atom. The molecule has 126 valence electrons. The van der Waals surface area contributed by atoms with Crippen LogP contribution in [0.25, 0.3) is 0 Å². The highest BCUT2D eigenvalue weighted by atomic mass is 35.5. The third kappa shape index (κ3) is 4.70. The molecule has 22 heavy (non-hydrogen) atoms. The van der Waals surface area contributed by atoms with Crippen molar-refractivity contribution in [1.29, 1.82) is 0 Å². The van der Waals surface area contributed by atoms with E-state index in [-0.39, 0.29) is 42.0 Å². The molecule has 0 aliphatic carbocycles. The predicted octanol–water partition coefficient (Wildman–Crippen LogP) is 1.30. The first-order valence-electron chi connectivity index (χ1n) is 6.95. The molecule has 1 aliphatic rings. The SMILES string of the molecule is CCOC(=O)c1ccc(S(=O)(=O)NC2CCNC(C)C2)o1.Cl. The van der Waals surface area contributed by atoms with Crippen LogP contribution in [0.15, 0.2) is 21.6 Å². The minimum absolute atomic E-state index is 0. The number of hydrogen-bond donors (Lipinski definition) is 2. The van der Waals surface area contributed by atoms with Gasteiger partial charge in [0.1, 0.15) is 0 Å². The van der Waals surface area contributed by atoms with Crippen molar-refractivity contribution in [2.24, 2.45) is 0 Å². The van der Waals surface area contributed by atoms with Crippen molar-refractivity contribution >= 4 is 28.4 Å². The molecule has 0 bridgehead atoms. The van der Waals surface area contributed by atoms with E-state index in [1.807, 2.05) is 6.92 Å². The lowest BCUT2D eigenvalue weighted by Gasteiger charge is -2.28. The molecule has 0 saturated carbocycles. The lowest BCUT2D eigenvalue weighted by Crippen LogP contribution is -2.46. The summed E-state index contributed by atoms with van der Waals surface area (Å²) < 4.78 is 36.9. The number of furan rings is 1. The summed E-state index contributed by atoms with van der Waals surface area (Å²) in [6, 6.07) is 2.69. The van der Waals surface area contributed by atoms with E-state index < -0.39 is 16.0 Å². The van der Waals surface area contributed by atoms with Gasteiger partial charge in [0, 0.05) is 12.1 Å². The molecular weight excluding hydrogens is 332 g/mol. The third-order valence-electron chi connectivity index (χ3n) is 3.27. The minimum atomic E-state index is -3.76. The zero-order valence-corrected chi connectivity index (χ0v) is 14.1. The summed E-state index contributed by atoms with van der Waals surface area (Å²) in [7, 11) is -3.76. The molecule has 2 atom stereocenters. The largest absolute Gasteiger partial charge is 0.460 e. The monoisotopic (exact) mass is 352 g/mol. The van der Waals surface area contributed by atoms with Gasteiger partial charge in [-0.15, -0.1) is 12.4 Å². The normalized spacial score (nSPS) is 21.9. The number of ether oxygens (including phenoxy) is 1. The van der Waals surface area contributed by atoms with Crippen LogP contribution in [0.3, 0.4) is 0 Å². The highest BCUT2D eigenvalue weighted by Crippen LogP contribution is 2.17. The van der Waals surface area contributed by atoms with Crippen molar-refractivity contribution in [3.8, 4) is 0 Å². The van der Waals surface area contributed by atoms with Crippen LogP contribution in [0.4, 0.5) is 0 Å². The number of nitrogens with one attached hydrogen (secondary N) is 2. The molecule has 2 unspecified atom stereocenters. The lowest BCUT2D eigenvalue weighted by atomic mass is 10.0. The molecule has 0 spiro atoms. The van der Waals surface area contributed by atoms with Crippen LogP contribution in [-0.4, -0.2) is 39.6 Å². The third-order valence-corrected chi connectivity index (χ3v) is 4.66. The molecule has 7 nitrogen and oxygen atoms in total. The van der Waals surface area contributed by atoms with E-state index in [4.69, 9.17) is 9.15 Å².